The molecular weight excluding hydrogens is 464 g/mol. The Morgan fingerprint density at radius 1 is 1.06 bits per heavy atom. The van der Waals surface area contributed by atoms with Crippen LogP contribution >= 0.6 is 11.8 Å². The van der Waals surface area contributed by atoms with Gasteiger partial charge < -0.3 is 14.2 Å². The van der Waals surface area contributed by atoms with Crippen molar-refractivity contribution in [3.05, 3.63) is 58.5 Å². The van der Waals surface area contributed by atoms with Gasteiger partial charge >= 0.3 is 5.97 Å². The first-order chi connectivity index (χ1) is 16.9. The van der Waals surface area contributed by atoms with Crippen LogP contribution in [0.15, 0.2) is 52.4 Å². The van der Waals surface area contributed by atoms with Crippen molar-refractivity contribution in [1.82, 2.24) is 4.90 Å². The second kappa shape index (κ2) is 12.4. The molecule has 3 rings (SSSR count). The highest BCUT2D eigenvalue weighted by molar-refractivity contribution is 8.18. The van der Waals surface area contributed by atoms with Gasteiger partial charge in [-0.15, -0.1) is 0 Å². The molecule has 8 heteroatoms. The van der Waals surface area contributed by atoms with Gasteiger partial charge in [-0.1, -0.05) is 30.7 Å². The monoisotopic (exact) mass is 496 g/mol. The van der Waals surface area contributed by atoms with E-state index in [1.54, 1.807) is 24.0 Å². The quantitative estimate of drug-likeness (QED) is 0.308. The molecule has 1 aliphatic rings. The lowest BCUT2D eigenvalue weighted by Crippen LogP contribution is -2.36. The molecule has 2 aromatic carbocycles. The van der Waals surface area contributed by atoms with E-state index in [-0.39, 0.29) is 18.6 Å². The maximum atomic E-state index is 13.3. The van der Waals surface area contributed by atoms with Crippen LogP contribution in [0, 0.1) is 6.92 Å². The number of ether oxygens (including phenoxy) is 3. The lowest BCUT2D eigenvalue weighted by Gasteiger charge is -2.22. The summed E-state index contributed by atoms with van der Waals surface area (Å²) in [5.74, 6) is 0.416. The third-order valence-electron chi connectivity index (χ3n) is 5.34. The number of hydrogen-bond donors (Lipinski definition) is 0. The molecule has 35 heavy (non-hydrogen) atoms. The Hall–Kier alpha value is -3.26. The molecule has 7 nitrogen and oxygen atoms in total. The number of esters is 1. The SMILES string of the molecule is CCOC(=O)COc1ccc(/C=C2/SC(=Nc3ccc(C)cc3)N([C@H](C)CC)C2=O)cc1OCC. The lowest BCUT2D eigenvalue weighted by atomic mass is 10.1. The highest BCUT2D eigenvalue weighted by Crippen LogP contribution is 2.37. The maximum Gasteiger partial charge on any atom is 0.344 e. The molecule has 1 amide bonds. The Kier molecular flexibility index (Phi) is 9.37. The summed E-state index contributed by atoms with van der Waals surface area (Å²) in [5.41, 5.74) is 2.75. The molecule has 1 saturated heterocycles. The number of hydrogen-bond acceptors (Lipinski definition) is 7. The van der Waals surface area contributed by atoms with Crippen LogP contribution < -0.4 is 9.47 Å². The Balaban J connectivity index is 1.89. The molecule has 1 fully saturated rings. The zero-order valence-corrected chi connectivity index (χ0v) is 21.7. The van der Waals surface area contributed by atoms with Gasteiger partial charge in [0.15, 0.2) is 23.3 Å². The predicted octanol–water partition coefficient (Wildman–Crippen LogP) is 5.74. The van der Waals surface area contributed by atoms with Gasteiger partial charge in [0, 0.05) is 6.04 Å². The van der Waals surface area contributed by atoms with Crippen LogP contribution in [0.2, 0.25) is 0 Å². The molecular formula is C27H32N2O5S. The Morgan fingerprint density at radius 3 is 2.46 bits per heavy atom. The molecule has 0 N–H and O–H groups in total. The van der Waals surface area contributed by atoms with E-state index in [0.29, 0.717) is 34.8 Å². The van der Waals surface area contributed by atoms with Gasteiger partial charge in [0.05, 0.1) is 23.8 Å². The van der Waals surface area contributed by atoms with Gasteiger partial charge in [0.25, 0.3) is 5.91 Å². The van der Waals surface area contributed by atoms with Crippen LogP contribution in [0.1, 0.15) is 45.2 Å². The number of aryl methyl sites for hydroxylation is 1. The summed E-state index contributed by atoms with van der Waals surface area (Å²) < 4.78 is 16.2. The largest absolute Gasteiger partial charge is 0.490 e. The van der Waals surface area contributed by atoms with E-state index in [9.17, 15) is 9.59 Å². The summed E-state index contributed by atoms with van der Waals surface area (Å²) in [6, 6.07) is 13.3. The van der Waals surface area contributed by atoms with Crippen LogP contribution in [-0.4, -0.2) is 47.8 Å². The molecule has 1 heterocycles. The second-order valence-corrected chi connectivity index (χ2v) is 9.01. The van der Waals surface area contributed by atoms with Crippen molar-refractivity contribution in [1.29, 1.82) is 0 Å². The fourth-order valence-electron chi connectivity index (χ4n) is 3.36. The molecule has 0 unspecified atom stereocenters. The van der Waals surface area contributed by atoms with Crippen LogP contribution in [0.5, 0.6) is 11.5 Å². The molecule has 0 spiro atoms. The average Bonchev–Trinajstić information content (AvgIpc) is 3.14. The molecule has 0 bridgehead atoms. The lowest BCUT2D eigenvalue weighted by molar-refractivity contribution is -0.145. The Morgan fingerprint density at radius 2 is 1.80 bits per heavy atom. The predicted molar refractivity (Wildman–Crippen MR) is 140 cm³/mol. The molecule has 0 aromatic heterocycles. The van der Waals surface area contributed by atoms with Gasteiger partial charge in [-0.05, 0) is 81.8 Å². The van der Waals surface area contributed by atoms with E-state index in [0.717, 1.165) is 23.2 Å². The summed E-state index contributed by atoms with van der Waals surface area (Å²) >= 11 is 1.36. The van der Waals surface area contributed by atoms with Crippen LogP contribution in [0.4, 0.5) is 5.69 Å². The number of rotatable bonds is 10. The number of thioether (sulfide) groups is 1. The zero-order chi connectivity index (χ0) is 25.4. The van der Waals surface area contributed by atoms with E-state index in [1.807, 2.05) is 57.2 Å². The summed E-state index contributed by atoms with van der Waals surface area (Å²) in [4.78, 5) is 32.1. The normalized spacial score (nSPS) is 16.6. The smallest absolute Gasteiger partial charge is 0.344 e. The summed E-state index contributed by atoms with van der Waals surface area (Å²) in [5, 5.41) is 0.666. The Labute approximate surface area is 211 Å². The van der Waals surface area contributed by atoms with Gasteiger partial charge in [-0.3, -0.25) is 9.69 Å². The summed E-state index contributed by atoms with van der Waals surface area (Å²) in [6.07, 6.45) is 2.64. The van der Waals surface area contributed by atoms with Crippen LogP contribution in [-0.2, 0) is 14.3 Å². The van der Waals surface area contributed by atoms with Crippen molar-refractivity contribution in [3.63, 3.8) is 0 Å². The minimum absolute atomic E-state index is 0.0164. The highest BCUT2D eigenvalue weighted by atomic mass is 32.2. The van der Waals surface area contributed by atoms with Gasteiger partial charge in [0.2, 0.25) is 0 Å². The molecule has 0 radical (unpaired) electrons. The van der Waals surface area contributed by atoms with Crippen molar-refractivity contribution in [2.45, 2.75) is 47.1 Å². The summed E-state index contributed by atoms with van der Waals surface area (Å²) in [6.45, 7) is 10.2. The second-order valence-electron chi connectivity index (χ2n) is 8.01. The van der Waals surface area contributed by atoms with E-state index in [2.05, 4.69) is 6.92 Å². The number of carbonyl (C=O) groups is 2. The average molecular weight is 497 g/mol. The molecule has 0 saturated carbocycles. The topological polar surface area (TPSA) is 77.4 Å². The minimum Gasteiger partial charge on any atom is -0.490 e. The molecule has 0 aliphatic carbocycles. The standard InChI is InChI=1S/C27H32N2O5S/c1-6-19(5)29-26(31)24(35-27(29)28-21-12-9-18(4)10-13-21)16-20-11-14-22(23(15-20)32-7-2)34-17-25(30)33-8-3/h9-16,19H,6-8,17H2,1-5H3/b24-16+,28-27?/t19-/m1/s1. The minimum atomic E-state index is -0.445. The van der Waals surface area contributed by atoms with Gasteiger partial charge in [0.1, 0.15) is 0 Å². The highest BCUT2D eigenvalue weighted by Gasteiger charge is 2.36. The van der Waals surface area contributed by atoms with E-state index >= 15 is 0 Å². The maximum absolute atomic E-state index is 13.3. The van der Waals surface area contributed by atoms with Gasteiger partial charge in [-0.2, -0.15) is 0 Å². The molecule has 1 atom stereocenters. The first kappa shape index (κ1) is 26.3. The van der Waals surface area contributed by atoms with Crippen LogP contribution in [0.25, 0.3) is 6.08 Å². The zero-order valence-electron chi connectivity index (χ0n) is 20.9. The summed E-state index contributed by atoms with van der Waals surface area (Å²) in [7, 11) is 0. The molecule has 1 aliphatic heterocycles. The van der Waals surface area contributed by atoms with Crippen LogP contribution in [0.3, 0.4) is 0 Å². The van der Waals surface area contributed by atoms with Gasteiger partial charge in [-0.25, -0.2) is 9.79 Å². The first-order valence-corrected chi connectivity index (χ1v) is 12.6. The number of aliphatic imine (C=N–C) groups is 1. The fourth-order valence-corrected chi connectivity index (χ4v) is 4.45. The van der Waals surface area contributed by atoms with Crippen molar-refractivity contribution < 1.29 is 23.8 Å². The number of nitrogens with zero attached hydrogens (tertiary/aromatic N) is 2. The van der Waals surface area contributed by atoms with Crippen molar-refractivity contribution in [3.8, 4) is 11.5 Å². The van der Waals surface area contributed by atoms with E-state index < -0.39 is 5.97 Å². The molecule has 2 aromatic rings. The van der Waals surface area contributed by atoms with E-state index in [1.165, 1.54) is 11.8 Å². The number of benzene rings is 2. The molecule has 186 valence electrons. The Bertz CT molecular complexity index is 1110. The third kappa shape index (κ3) is 6.88. The number of carbonyl (C=O) groups excluding carboxylic acids is 2. The van der Waals surface area contributed by atoms with E-state index in [4.69, 9.17) is 19.2 Å². The fraction of sp³-hybridized carbons (Fsp3) is 0.370. The van der Waals surface area contributed by atoms with Crippen molar-refractivity contribution in [2.75, 3.05) is 19.8 Å². The first-order valence-electron chi connectivity index (χ1n) is 11.8. The number of amidine groups is 1. The van der Waals surface area contributed by atoms with Crippen molar-refractivity contribution in [2.24, 2.45) is 4.99 Å². The number of amides is 1. The van der Waals surface area contributed by atoms with Crippen molar-refractivity contribution >= 4 is 40.6 Å². The third-order valence-corrected chi connectivity index (χ3v) is 6.33.